The third-order valence-corrected chi connectivity index (χ3v) is 5.54. The first kappa shape index (κ1) is 14.7. The number of likely N-dealkylation sites (tertiary alicyclic amines) is 1. The number of hydrogen-bond acceptors (Lipinski definition) is 5. The number of carbonyl (C=O) groups is 2. The fourth-order valence-corrected chi connectivity index (χ4v) is 3.79. The Kier molecular flexibility index (Phi) is 3.60. The van der Waals surface area contributed by atoms with Crippen molar-refractivity contribution in [2.45, 2.75) is 31.3 Å². The van der Waals surface area contributed by atoms with Crippen molar-refractivity contribution in [3.05, 3.63) is 22.4 Å². The molecule has 0 unspecified atom stereocenters. The van der Waals surface area contributed by atoms with Crippen LogP contribution in [0.4, 0.5) is 0 Å². The maximum Gasteiger partial charge on any atom is 0.269 e. The second kappa shape index (κ2) is 5.63. The van der Waals surface area contributed by atoms with Crippen LogP contribution in [0, 0.1) is 5.92 Å². The van der Waals surface area contributed by atoms with Crippen molar-refractivity contribution < 1.29 is 14.4 Å². The van der Waals surface area contributed by atoms with E-state index in [0.29, 0.717) is 37.6 Å². The second-order valence-electron chi connectivity index (χ2n) is 6.60. The highest BCUT2D eigenvalue weighted by Crippen LogP contribution is 2.35. The molecule has 1 N–H and O–H groups in total. The summed E-state index contributed by atoms with van der Waals surface area (Å²) in [6.45, 7) is 1.86. The summed E-state index contributed by atoms with van der Waals surface area (Å²) in [5.41, 5.74) is -0.0600. The molecule has 3 aliphatic rings. The fourth-order valence-electron chi connectivity index (χ4n) is 3.10. The van der Waals surface area contributed by atoms with Crippen molar-refractivity contribution in [3.63, 3.8) is 0 Å². The molecule has 6 nitrogen and oxygen atoms in total. The van der Waals surface area contributed by atoms with Gasteiger partial charge in [0.05, 0.1) is 11.4 Å². The van der Waals surface area contributed by atoms with Gasteiger partial charge in [0.2, 0.25) is 0 Å². The van der Waals surface area contributed by atoms with Crippen LogP contribution in [0.5, 0.6) is 0 Å². The van der Waals surface area contributed by atoms with Gasteiger partial charge >= 0.3 is 0 Å². The van der Waals surface area contributed by atoms with Crippen molar-refractivity contribution in [1.29, 1.82) is 0 Å². The maximum absolute atomic E-state index is 12.4. The molecule has 1 saturated heterocycles. The number of rotatable bonds is 4. The molecular formula is C16H19N3O3S. The van der Waals surface area contributed by atoms with Crippen molar-refractivity contribution in [3.8, 4) is 0 Å². The van der Waals surface area contributed by atoms with Crippen LogP contribution in [-0.2, 0) is 9.63 Å². The minimum absolute atomic E-state index is 0.0344. The summed E-state index contributed by atoms with van der Waals surface area (Å²) in [5, 5.41) is 8.82. The molecule has 122 valence electrons. The molecule has 3 heterocycles. The number of carbonyl (C=O) groups excluding carboxylic acids is 2. The monoisotopic (exact) mass is 333 g/mol. The van der Waals surface area contributed by atoms with Crippen LogP contribution >= 0.6 is 11.3 Å². The number of amides is 2. The Morgan fingerprint density at radius 1 is 1.48 bits per heavy atom. The van der Waals surface area contributed by atoms with E-state index in [1.807, 2.05) is 17.5 Å². The van der Waals surface area contributed by atoms with Crippen molar-refractivity contribution >= 4 is 28.9 Å². The Labute approximate surface area is 138 Å². The molecule has 1 spiro atoms. The quantitative estimate of drug-likeness (QED) is 0.910. The van der Waals surface area contributed by atoms with Crippen LogP contribution in [0.15, 0.2) is 22.7 Å². The van der Waals surface area contributed by atoms with Crippen LogP contribution in [0.25, 0.3) is 0 Å². The normalized spacial score (nSPS) is 26.3. The van der Waals surface area contributed by atoms with Crippen LogP contribution in [0.2, 0.25) is 0 Å². The highest BCUT2D eigenvalue weighted by atomic mass is 32.1. The third-order valence-electron chi connectivity index (χ3n) is 4.68. The van der Waals surface area contributed by atoms with Gasteiger partial charge in [-0.3, -0.25) is 9.59 Å². The predicted molar refractivity (Wildman–Crippen MR) is 86.4 cm³/mol. The van der Waals surface area contributed by atoms with Gasteiger partial charge in [0, 0.05) is 25.9 Å². The molecule has 2 fully saturated rings. The largest absolute Gasteiger partial charge is 0.386 e. The van der Waals surface area contributed by atoms with E-state index in [1.165, 1.54) is 24.2 Å². The van der Waals surface area contributed by atoms with Crippen LogP contribution in [0.3, 0.4) is 0 Å². The summed E-state index contributed by atoms with van der Waals surface area (Å²) in [7, 11) is 0. The smallest absolute Gasteiger partial charge is 0.269 e. The minimum atomic E-state index is -0.515. The average molecular weight is 333 g/mol. The van der Waals surface area contributed by atoms with Gasteiger partial charge in [0.1, 0.15) is 5.71 Å². The summed E-state index contributed by atoms with van der Waals surface area (Å²) >= 11 is 1.44. The van der Waals surface area contributed by atoms with E-state index in [1.54, 1.807) is 4.90 Å². The first-order valence-electron chi connectivity index (χ1n) is 8.01. The summed E-state index contributed by atoms with van der Waals surface area (Å²) in [4.78, 5) is 32.7. The molecule has 0 bridgehead atoms. The van der Waals surface area contributed by atoms with Gasteiger partial charge in [0.15, 0.2) is 5.60 Å². The van der Waals surface area contributed by atoms with Crippen LogP contribution in [0.1, 0.15) is 35.4 Å². The van der Waals surface area contributed by atoms with Gasteiger partial charge in [-0.2, -0.15) is 0 Å². The lowest BCUT2D eigenvalue weighted by Gasteiger charge is -2.21. The molecule has 1 aromatic heterocycles. The molecule has 0 radical (unpaired) electrons. The zero-order valence-electron chi connectivity index (χ0n) is 12.8. The van der Waals surface area contributed by atoms with Gasteiger partial charge in [-0.25, -0.2) is 0 Å². The summed E-state index contributed by atoms with van der Waals surface area (Å²) in [6.07, 6.45) is 3.60. The molecule has 1 aromatic rings. The van der Waals surface area contributed by atoms with Crippen molar-refractivity contribution in [2.24, 2.45) is 11.1 Å². The Morgan fingerprint density at radius 3 is 3.09 bits per heavy atom. The van der Waals surface area contributed by atoms with E-state index in [-0.39, 0.29) is 11.8 Å². The molecule has 7 heteroatoms. The zero-order chi connectivity index (χ0) is 15.9. The molecule has 4 rings (SSSR count). The predicted octanol–water partition coefficient (Wildman–Crippen LogP) is 1.64. The van der Waals surface area contributed by atoms with E-state index in [9.17, 15) is 9.59 Å². The molecule has 23 heavy (non-hydrogen) atoms. The van der Waals surface area contributed by atoms with E-state index in [2.05, 4.69) is 10.5 Å². The molecule has 1 atom stereocenters. The van der Waals surface area contributed by atoms with Crippen LogP contribution in [-0.4, -0.2) is 47.7 Å². The van der Waals surface area contributed by atoms with Crippen molar-refractivity contribution in [1.82, 2.24) is 10.2 Å². The average Bonchev–Trinajstić information content (AvgIpc) is 3.00. The number of nitrogens with zero attached hydrogens (tertiary/aromatic N) is 2. The van der Waals surface area contributed by atoms with E-state index >= 15 is 0 Å². The zero-order valence-corrected chi connectivity index (χ0v) is 13.6. The Hall–Kier alpha value is -1.89. The highest BCUT2D eigenvalue weighted by molar-refractivity contribution is 7.12. The summed E-state index contributed by atoms with van der Waals surface area (Å²) < 4.78 is 0. The van der Waals surface area contributed by atoms with Gasteiger partial charge in [-0.05, 0) is 30.2 Å². The highest BCUT2D eigenvalue weighted by Gasteiger charge is 2.48. The number of nitrogens with one attached hydrogen (secondary N) is 1. The molecule has 2 aliphatic heterocycles. The topological polar surface area (TPSA) is 71.0 Å². The molecule has 0 aromatic carbocycles. The van der Waals surface area contributed by atoms with Crippen molar-refractivity contribution in [2.75, 3.05) is 19.6 Å². The number of thiophene rings is 1. The first-order valence-corrected chi connectivity index (χ1v) is 8.89. The van der Waals surface area contributed by atoms with Gasteiger partial charge in [-0.1, -0.05) is 11.2 Å². The van der Waals surface area contributed by atoms with Crippen LogP contribution < -0.4 is 5.32 Å². The lowest BCUT2D eigenvalue weighted by atomic mass is 9.96. The molecule has 1 saturated carbocycles. The van der Waals surface area contributed by atoms with E-state index < -0.39 is 5.60 Å². The van der Waals surface area contributed by atoms with E-state index in [0.717, 1.165) is 11.4 Å². The SMILES string of the molecule is O=C(NCC1CC1)C1=NO[C@]2(CCN(C(=O)c3cccs3)C2)C1. The fraction of sp³-hybridized carbons (Fsp3) is 0.562. The van der Waals surface area contributed by atoms with Gasteiger partial charge in [0.25, 0.3) is 11.8 Å². The Bertz CT molecular complexity index is 654. The number of oxime groups is 1. The Balaban J connectivity index is 1.34. The van der Waals surface area contributed by atoms with Gasteiger partial charge in [-0.15, -0.1) is 11.3 Å². The lowest BCUT2D eigenvalue weighted by molar-refractivity contribution is -0.115. The standard InChI is InChI=1S/C16H19N3O3S/c20-14(17-9-11-3-4-11)12-8-16(22-18-12)5-6-19(10-16)15(21)13-2-1-7-23-13/h1-2,7,11H,3-6,8-10H2,(H,17,20)/t16-/m1/s1. The second-order valence-corrected chi connectivity index (χ2v) is 7.54. The molecule has 2 amide bonds. The molecule has 1 aliphatic carbocycles. The maximum atomic E-state index is 12.4. The van der Waals surface area contributed by atoms with E-state index in [4.69, 9.17) is 4.84 Å². The Morgan fingerprint density at radius 2 is 2.35 bits per heavy atom. The molecular weight excluding hydrogens is 314 g/mol. The lowest BCUT2D eigenvalue weighted by Crippen LogP contribution is -2.38. The minimum Gasteiger partial charge on any atom is -0.386 e. The first-order chi connectivity index (χ1) is 11.2. The summed E-state index contributed by atoms with van der Waals surface area (Å²) in [6, 6.07) is 3.71. The summed E-state index contributed by atoms with van der Waals surface area (Å²) in [5.74, 6) is 0.546. The van der Waals surface area contributed by atoms with Gasteiger partial charge < -0.3 is 15.1 Å². The number of hydrogen-bond donors (Lipinski definition) is 1. The third kappa shape index (κ3) is 2.97.